The standard InChI is InChI=1S/C22H24N4O2S/c1-3-5-14-29-22-24-21(27)19-15-10-6-8-12-17(15)23-20(26(19)25-22)16-11-7-9-13-18(16)28-4-2/h6-13,20H,3-5,14H2,1-2H3,(H,24,25,27)/t20-/m0/s1. The van der Waals surface area contributed by atoms with Crippen LogP contribution in [-0.4, -0.2) is 28.4 Å². The van der Waals surface area contributed by atoms with Gasteiger partial charge in [0.05, 0.1) is 12.0 Å². The second-order valence-corrected chi connectivity index (χ2v) is 7.83. The third-order valence-electron chi connectivity index (χ3n) is 4.75. The van der Waals surface area contributed by atoms with Gasteiger partial charge in [-0.2, -0.15) is 0 Å². The number of hydrogen-bond donors (Lipinski definition) is 1. The number of amides is 1. The number of ether oxygens (including phenoxy) is 1. The molecule has 4 rings (SSSR count). The van der Waals surface area contributed by atoms with Crippen molar-refractivity contribution in [2.24, 2.45) is 10.1 Å². The average Bonchev–Trinajstić information content (AvgIpc) is 2.74. The third kappa shape index (κ3) is 3.87. The molecule has 2 heterocycles. The van der Waals surface area contributed by atoms with Gasteiger partial charge in [-0.05, 0) is 25.5 Å². The molecule has 0 saturated carbocycles. The summed E-state index contributed by atoms with van der Waals surface area (Å²) in [6.07, 6.45) is 1.71. The molecule has 6 nitrogen and oxygen atoms in total. The third-order valence-corrected chi connectivity index (χ3v) is 5.70. The Morgan fingerprint density at radius 2 is 1.93 bits per heavy atom. The first-order chi connectivity index (χ1) is 14.2. The van der Waals surface area contributed by atoms with Gasteiger partial charge in [0, 0.05) is 16.5 Å². The van der Waals surface area contributed by atoms with Crippen molar-refractivity contribution in [3.63, 3.8) is 0 Å². The van der Waals surface area contributed by atoms with Gasteiger partial charge in [-0.25, -0.2) is 5.01 Å². The van der Waals surface area contributed by atoms with E-state index in [1.54, 1.807) is 16.8 Å². The summed E-state index contributed by atoms with van der Waals surface area (Å²) < 4.78 is 5.84. The Bertz CT molecular complexity index is 1070. The first kappa shape index (κ1) is 19.5. The van der Waals surface area contributed by atoms with Crippen LogP contribution >= 0.6 is 11.8 Å². The highest BCUT2D eigenvalue weighted by molar-refractivity contribution is 8.13. The lowest BCUT2D eigenvalue weighted by Gasteiger charge is -2.34. The van der Waals surface area contributed by atoms with E-state index in [0.717, 1.165) is 40.5 Å². The number of hydrazone groups is 1. The molecule has 2 aliphatic rings. The maximum atomic E-state index is 13.1. The van der Waals surface area contributed by atoms with Crippen LogP contribution in [0.5, 0.6) is 5.75 Å². The lowest BCUT2D eigenvalue weighted by atomic mass is 10.1. The molecule has 0 radical (unpaired) electrons. The molecule has 0 fully saturated rings. The molecule has 0 spiro atoms. The Labute approximate surface area is 174 Å². The van der Waals surface area contributed by atoms with Crippen molar-refractivity contribution >= 4 is 28.5 Å². The number of unbranched alkanes of at least 4 members (excludes halogenated alkanes) is 1. The Kier molecular flexibility index (Phi) is 5.85. The van der Waals surface area contributed by atoms with Gasteiger partial charge < -0.3 is 4.74 Å². The summed E-state index contributed by atoms with van der Waals surface area (Å²) in [6, 6.07) is 15.5. The van der Waals surface area contributed by atoms with Crippen molar-refractivity contribution in [2.75, 3.05) is 12.4 Å². The minimum absolute atomic E-state index is 0.153. The number of benzene rings is 2. The zero-order valence-electron chi connectivity index (χ0n) is 16.6. The van der Waals surface area contributed by atoms with Crippen LogP contribution in [0.2, 0.25) is 0 Å². The Balaban J connectivity index is 1.85. The predicted molar refractivity (Wildman–Crippen MR) is 116 cm³/mol. The summed E-state index contributed by atoms with van der Waals surface area (Å²) in [7, 11) is 0. The van der Waals surface area contributed by atoms with E-state index in [-0.39, 0.29) is 5.91 Å². The van der Waals surface area contributed by atoms with Crippen LogP contribution in [0, 0.1) is 0 Å². The van der Waals surface area contributed by atoms with Crippen LogP contribution in [0.3, 0.4) is 0 Å². The summed E-state index contributed by atoms with van der Waals surface area (Å²) in [5, 5.41) is 11.7. The van der Waals surface area contributed by atoms with Gasteiger partial charge in [0.2, 0.25) is 0 Å². The fourth-order valence-electron chi connectivity index (χ4n) is 3.39. The van der Waals surface area contributed by atoms with Crippen molar-refractivity contribution in [3.8, 4) is 5.75 Å². The molecule has 0 bridgehead atoms. The fourth-order valence-corrected chi connectivity index (χ4v) is 4.33. The molecular weight excluding hydrogens is 384 g/mol. The van der Waals surface area contributed by atoms with Crippen molar-refractivity contribution < 1.29 is 9.53 Å². The van der Waals surface area contributed by atoms with Gasteiger partial charge in [0.15, 0.2) is 11.3 Å². The van der Waals surface area contributed by atoms with Crippen molar-refractivity contribution in [1.82, 2.24) is 10.3 Å². The highest BCUT2D eigenvalue weighted by atomic mass is 32.2. The Hall–Kier alpha value is -2.80. The largest absolute Gasteiger partial charge is 0.493 e. The van der Waals surface area contributed by atoms with Crippen molar-refractivity contribution in [1.29, 1.82) is 0 Å². The number of nitrogens with zero attached hydrogens (tertiary/aromatic N) is 3. The molecule has 150 valence electrons. The van der Waals surface area contributed by atoms with E-state index in [2.05, 4.69) is 12.2 Å². The molecule has 7 heteroatoms. The quantitative estimate of drug-likeness (QED) is 0.747. The topological polar surface area (TPSA) is 66.3 Å². The van der Waals surface area contributed by atoms with Crippen LogP contribution in [0.1, 0.15) is 38.4 Å². The lowest BCUT2D eigenvalue weighted by molar-refractivity contribution is -0.116. The number of carbonyl (C=O) groups is 1. The minimum atomic E-state index is -0.463. The number of carbonyl (C=O) groups excluding carboxylic acids is 1. The van der Waals surface area contributed by atoms with Gasteiger partial charge >= 0.3 is 0 Å². The molecule has 0 aliphatic carbocycles. The molecule has 0 unspecified atom stereocenters. The molecule has 29 heavy (non-hydrogen) atoms. The first-order valence-corrected chi connectivity index (χ1v) is 10.9. The van der Waals surface area contributed by atoms with E-state index in [0.29, 0.717) is 17.5 Å². The lowest BCUT2D eigenvalue weighted by Crippen LogP contribution is -2.50. The molecular formula is C22H24N4O2S. The number of hydrogen-bond acceptors (Lipinski definition) is 6. The summed E-state index contributed by atoms with van der Waals surface area (Å²) in [5.41, 5.74) is 1.41. The molecule has 0 aromatic heterocycles. The minimum Gasteiger partial charge on any atom is -0.493 e. The van der Waals surface area contributed by atoms with Crippen LogP contribution in [-0.2, 0) is 4.79 Å². The second kappa shape index (κ2) is 8.69. The number of para-hydroxylation sites is 2. The molecule has 1 N–H and O–H groups in total. The smallest absolute Gasteiger partial charge is 0.276 e. The molecule has 2 aromatic carbocycles. The molecule has 0 saturated heterocycles. The molecule has 2 aromatic rings. The van der Waals surface area contributed by atoms with Crippen LogP contribution in [0.15, 0.2) is 58.6 Å². The van der Waals surface area contributed by atoms with E-state index in [9.17, 15) is 4.79 Å². The number of amidine groups is 1. The number of rotatable bonds is 6. The predicted octanol–water partition coefficient (Wildman–Crippen LogP) is 2.76. The maximum absolute atomic E-state index is 13.1. The molecule has 1 amide bonds. The van der Waals surface area contributed by atoms with Crippen LogP contribution in [0.4, 0.5) is 0 Å². The SMILES string of the molecule is CCCCSC1=NN2C(=c3ccccc3=N[C@@H]2c2ccccc2OCC)C(=O)N1. The normalized spacial score (nSPS) is 17.7. The zero-order chi connectivity index (χ0) is 20.2. The van der Waals surface area contributed by atoms with Gasteiger partial charge in [0.1, 0.15) is 11.4 Å². The van der Waals surface area contributed by atoms with Gasteiger partial charge in [0.25, 0.3) is 5.91 Å². The average molecular weight is 409 g/mol. The van der Waals surface area contributed by atoms with E-state index >= 15 is 0 Å². The summed E-state index contributed by atoms with van der Waals surface area (Å²) in [4.78, 5) is 18.0. The van der Waals surface area contributed by atoms with Gasteiger partial charge in [-0.3, -0.25) is 15.1 Å². The van der Waals surface area contributed by atoms with Gasteiger partial charge in [-0.1, -0.05) is 61.5 Å². The summed E-state index contributed by atoms with van der Waals surface area (Å²) in [5.74, 6) is 1.51. The monoisotopic (exact) mass is 408 g/mol. The Morgan fingerprint density at radius 1 is 1.14 bits per heavy atom. The van der Waals surface area contributed by atoms with E-state index in [4.69, 9.17) is 14.8 Å². The van der Waals surface area contributed by atoms with E-state index in [1.165, 1.54) is 0 Å². The van der Waals surface area contributed by atoms with Crippen LogP contribution < -0.4 is 20.6 Å². The zero-order valence-corrected chi connectivity index (χ0v) is 17.4. The Morgan fingerprint density at radius 3 is 2.76 bits per heavy atom. The summed E-state index contributed by atoms with van der Waals surface area (Å²) >= 11 is 1.56. The van der Waals surface area contributed by atoms with Gasteiger partial charge in [-0.15, -0.1) is 5.10 Å². The number of nitrogens with one attached hydrogen (secondary N) is 1. The highest BCUT2D eigenvalue weighted by Crippen LogP contribution is 2.35. The van der Waals surface area contributed by atoms with E-state index < -0.39 is 6.17 Å². The first-order valence-electron chi connectivity index (χ1n) is 9.93. The fraction of sp³-hybridized carbons (Fsp3) is 0.318. The number of thioether (sulfide) groups is 1. The highest BCUT2D eigenvalue weighted by Gasteiger charge is 2.35. The van der Waals surface area contributed by atoms with Crippen molar-refractivity contribution in [2.45, 2.75) is 32.9 Å². The maximum Gasteiger partial charge on any atom is 0.276 e. The summed E-state index contributed by atoms with van der Waals surface area (Å²) in [6.45, 7) is 4.66. The number of fused-ring (bicyclic) bond motifs is 2. The second-order valence-electron chi connectivity index (χ2n) is 6.75. The molecule has 1 atom stereocenters. The van der Waals surface area contributed by atoms with Crippen LogP contribution in [0.25, 0.3) is 5.70 Å². The van der Waals surface area contributed by atoms with Crippen molar-refractivity contribution in [3.05, 3.63) is 64.7 Å². The molecule has 2 aliphatic heterocycles. The van der Waals surface area contributed by atoms with E-state index in [1.807, 2.05) is 55.5 Å².